The van der Waals surface area contributed by atoms with Crippen LogP contribution in [0.1, 0.15) is 33.0 Å². The van der Waals surface area contributed by atoms with Crippen molar-refractivity contribution in [2.45, 2.75) is 31.0 Å². The summed E-state index contributed by atoms with van der Waals surface area (Å²) in [6.45, 7) is 4.57. The molecule has 1 aromatic carbocycles. The molecule has 4 heterocycles. The Labute approximate surface area is 211 Å². The third-order valence-electron chi connectivity index (χ3n) is 6.09. The first-order valence-electron chi connectivity index (χ1n) is 11.1. The number of alkyl halides is 3. The summed E-state index contributed by atoms with van der Waals surface area (Å²) >= 11 is 1.46. The van der Waals surface area contributed by atoms with Gasteiger partial charge in [0.25, 0.3) is 5.91 Å². The van der Waals surface area contributed by atoms with E-state index in [4.69, 9.17) is 4.74 Å². The maximum atomic E-state index is 13.4. The molecule has 1 amide bonds. The highest BCUT2D eigenvalue weighted by Crippen LogP contribution is 2.40. The number of thiazole rings is 1. The van der Waals surface area contributed by atoms with Crippen LogP contribution in [-0.2, 0) is 28.4 Å². The van der Waals surface area contributed by atoms with E-state index in [0.717, 1.165) is 23.7 Å². The van der Waals surface area contributed by atoms with E-state index in [2.05, 4.69) is 20.3 Å². The Bertz CT molecular complexity index is 1300. The van der Waals surface area contributed by atoms with E-state index in [1.54, 1.807) is 24.4 Å². The molecule has 1 atom stereocenters. The molecule has 1 spiro atoms. The number of aryl methyl sites for hydroxylation is 1. The van der Waals surface area contributed by atoms with Crippen LogP contribution in [0.25, 0.3) is 10.6 Å². The zero-order valence-electron chi connectivity index (χ0n) is 19.2. The Morgan fingerprint density at radius 1 is 1.19 bits per heavy atom. The first kappa shape index (κ1) is 24.9. The topological polar surface area (TPSA) is 97.3 Å². The Morgan fingerprint density at radius 3 is 2.56 bits per heavy atom. The van der Waals surface area contributed by atoms with E-state index in [1.165, 1.54) is 11.3 Å². The summed E-state index contributed by atoms with van der Waals surface area (Å²) in [7, 11) is -1.47. The molecule has 0 aliphatic carbocycles. The van der Waals surface area contributed by atoms with E-state index in [-0.39, 0.29) is 17.5 Å². The number of hydrogen-bond donors (Lipinski definition) is 1. The van der Waals surface area contributed by atoms with E-state index in [0.29, 0.717) is 47.3 Å². The van der Waals surface area contributed by atoms with Crippen molar-refractivity contribution in [2.75, 3.05) is 26.3 Å². The molecule has 2 aliphatic rings. The molecule has 1 unspecified atom stereocenters. The average molecular weight is 538 g/mol. The largest absolute Gasteiger partial charge is 0.451 e. The van der Waals surface area contributed by atoms with Gasteiger partial charge in [0.1, 0.15) is 16.0 Å². The van der Waals surface area contributed by atoms with Gasteiger partial charge in [0, 0.05) is 71.8 Å². The number of halogens is 3. The van der Waals surface area contributed by atoms with Crippen molar-refractivity contribution in [3.8, 4) is 10.6 Å². The zero-order valence-corrected chi connectivity index (χ0v) is 20.8. The van der Waals surface area contributed by atoms with Crippen molar-refractivity contribution in [2.24, 2.45) is 5.41 Å². The number of ether oxygens (including phenoxy) is 1. The predicted octanol–water partition coefficient (Wildman–Crippen LogP) is 3.60. The minimum Gasteiger partial charge on any atom is -0.381 e. The lowest BCUT2D eigenvalue weighted by atomic mass is 9.81. The number of aromatic nitrogens is 3. The predicted molar refractivity (Wildman–Crippen MR) is 126 cm³/mol. The third kappa shape index (κ3) is 5.19. The first-order chi connectivity index (χ1) is 17.1. The van der Waals surface area contributed by atoms with E-state index >= 15 is 0 Å². The minimum absolute atomic E-state index is 0.0592. The lowest BCUT2D eigenvalue weighted by Crippen LogP contribution is -2.56. The molecule has 36 heavy (non-hydrogen) atoms. The Kier molecular flexibility index (Phi) is 6.66. The summed E-state index contributed by atoms with van der Waals surface area (Å²) in [6, 6.07) is 5.03. The Morgan fingerprint density at radius 2 is 1.94 bits per heavy atom. The van der Waals surface area contributed by atoms with Crippen LogP contribution >= 0.6 is 11.3 Å². The molecular formula is C23H22F3N5O3S2. The highest BCUT2D eigenvalue weighted by molar-refractivity contribution is 7.82. The molecule has 13 heteroatoms. The monoisotopic (exact) mass is 537 g/mol. The molecular weight excluding hydrogens is 515 g/mol. The van der Waals surface area contributed by atoms with E-state index in [9.17, 15) is 22.2 Å². The molecule has 3 aromatic rings. The number of amides is 1. The van der Waals surface area contributed by atoms with Crippen molar-refractivity contribution >= 4 is 28.2 Å². The van der Waals surface area contributed by atoms with Crippen molar-refractivity contribution in [1.82, 2.24) is 24.6 Å². The number of benzene rings is 1. The standard InChI is InChI=1S/C23H22F3N5O3S2/c1-14-7-28-20(35-14)17-4-16(19(32)27-8-15-9-29-21(30-10-15)23(24,25)26)5-18(6-17)36(33)31-11-22(12-31)2-3-34-13-22/h4-7,9-10H,2-3,8,11-13H2,1H3,(H,27,32). The summed E-state index contributed by atoms with van der Waals surface area (Å²) in [5, 5.41) is 3.37. The van der Waals surface area contributed by atoms with Gasteiger partial charge in [-0.25, -0.2) is 23.5 Å². The lowest BCUT2D eigenvalue weighted by Gasteiger charge is -2.45. The zero-order chi connectivity index (χ0) is 25.5. The highest BCUT2D eigenvalue weighted by atomic mass is 32.2. The summed E-state index contributed by atoms with van der Waals surface area (Å²) in [5.41, 5.74) is 1.32. The summed E-state index contributed by atoms with van der Waals surface area (Å²) < 4.78 is 58.8. The van der Waals surface area contributed by atoms with Crippen LogP contribution in [-0.4, -0.2) is 55.7 Å². The smallest absolute Gasteiger partial charge is 0.381 e. The van der Waals surface area contributed by atoms with Gasteiger partial charge >= 0.3 is 6.18 Å². The van der Waals surface area contributed by atoms with Gasteiger partial charge in [0.15, 0.2) is 0 Å². The number of nitrogens with zero attached hydrogens (tertiary/aromatic N) is 4. The number of nitrogens with one attached hydrogen (secondary N) is 1. The number of carbonyl (C=O) groups is 1. The van der Waals surface area contributed by atoms with Crippen molar-refractivity contribution < 1.29 is 26.9 Å². The van der Waals surface area contributed by atoms with Crippen LogP contribution in [0.5, 0.6) is 0 Å². The molecule has 2 aromatic heterocycles. The van der Waals surface area contributed by atoms with E-state index in [1.807, 2.05) is 11.2 Å². The van der Waals surface area contributed by atoms with Crippen molar-refractivity contribution in [1.29, 1.82) is 0 Å². The minimum atomic E-state index is -4.64. The molecule has 8 nitrogen and oxygen atoms in total. The average Bonchev–Trinajstić information content (AvgIpc) is 3.50. The maximum absolute atomic E-state index is 13.4. The van der Waals surface area contributed by atoms with Gasteiger partial charge in [-0.2, -0.15) is 13.2 Å². The molecule has 190 valence electrons. The molecule has 2 aliphatic heterocycles. The summed E-state index contributed by atoms with van der Waals surface area (Å²) in [6.07, 6.45) is 0.0900. The van der Waals surface area contributed by atoms with E-state index < -0.39 is 28.9 Å². The number of rotatable bonds is 6. The van der Waals surface area contributed by atoms with Gasteiger partial charge in [-0.3, -0.25) is 4.79 Å². The Hall–Kier alpha value is -2.74. The van der Waals surface area contributed by atoms with Crippen LogP contribution in [0.3, 0.4) is 0 Å². The summed E-state index contributed by atoms with van der Waals surface area (Å²) in [5.74, 6) is -1.71. The van der Waals surface area contributed by atoms with Gasteiger partial charge in [-0.1, -0.05) is 0 Å². The fourth-order valence-electron chi connectivity index (χ4n) is 4.19. The van der Waals surface area contributed by atoms with Crippen LogP contribution in [0.15, 0.2) is 41.7 Å². The van der Waals surface area contributed by atoms with Crippen LogP contribution in [0.4, 0.5) is 13.2 Å². The fourth-order valence-corrected chi connectivity index (χ4v) is 6.47. The fraction of sp³-hybridized carbons (Fsp3) is 0.391. The maximum Gasteiger partial charge on any atom is 0.451 e. The molecule has 1 N–H and O–H groups in total. The molecule has 2 saturated heterocycles. The first-order valence-corrected chi connectivity index (χ1v) is 13.0. The van der Waals surface area contributed by atoms with Crippen molar-refractivity contribution in [3.63, 3.8) is 0 Å². The second-order valence-corrected chi connectivity index (χ2v) is 11.7. The van der Waals surface area contributed by atoms with Crippen molar-refractivity contribution in [3.05, 3.63) is 58.6 Å². The second-order valence-electron chi connectivity index (χ2n) is 8.97. The van der Waals surface area contributed by atoms with Gasteiger partial charge in [0.2, 0.25) is 5.82 Å². The molecule has 0 bridgehead atoms. The van der Waals surface area contributed by atoms with Crippen LogP contribution in [0, 0.1) is 12.3 Å². The molecule has 2 fully saturated rings. The molecule has 0 radical (unpaired) electrons. The highest BCUT2D eigenvalue weighted by Gasteiger charge is 2.48. The van der Waals surface area contributed by atoms with Gasteiger partial charge < -0.3 is 10.1 Å². The Balaban J connectivity index is 1.35. The molecule has 5 rings (SSSR count). The third-order valence-corrected chi connectivity index (χ3v) is 8.42. The summed E-state index contributed by atoms with van der Waals surface area (Å²) in [4.78, 5) is 25.5. The second kappa shape index (κ2) is 9.61. The normalized spacial score (nSPS) is 18.2. The van der Waals surface area contributed by atoms with Crippen LogP contribution < -0.4 is 5.32 Å². The SMILES string of the molecule is Cc1cnc(-c2cc(C(=O)NCc3cnc(C(F)(F)F)nc3)cc(S(=O)N3CC4(CCOC4)C3)c2)s1. The number of hydrogen-bond acceptors (Lipinski definition) is 7. The molecule has 0 saturated carbocycles. The van der Waals surface area contributed by atoms with Gasteiger partial charge in [0.05, 0.1) is 11.5 Å². The van der Waals surface area contributed by atoms with Gasteiger partial charge in [-0.05, 0) is 31.5 Å². The van der Waals surface area contributed by atoms with Gasteiger partial charge in [-0.15, -0.1) is 11.3 Å². The quantitative estimate of drug-likeness (QED) is 0.516. The van der Waals surface area contributed by atoms with Crippen LogP contribution in [0.2, 0.25) is 0 Å². The number of carbonyl (C=O) groups excluding carboxylic acids is 1. The lowest BCUT2D eigenvalue weighted by molar-refractivity contribution is -0.145.